The summed E-state index contributed by atoms with van der Waals surface area (Å²) in [6.45, 7) is 1.73. The number of nitrogens with one attached hydrogen (secondary N) is 3. The van der Waals surface area contributed by atoms with Gasteiger partial charge in [0.2, 0.25) is 15.9 Å². The monoisotopic (exact) mass is 660 g/mol. The molecular formula is C33H32N4O7S2. The van der Waals surface area contributed by atoms with Gasteiger partial charge in [-0.05, 0) is 85.8 Å². The van der Waals surface area contributed by atoms with Gasteiger partial charge >= 0.3 is 0 Å². The van der Waals surface area contributed by atoms with Crippen molar-refractivity contribution in [1.82, 2.24) is 5.32 Å². The molecule has 0 aliphatic carbocycles. The maximum absolute atomic E-state index is 13.5. The Balaban J connectivity index is 1.45. The van der Waals surface area contributed by atoms with Crippen molar-refractivity contribution < 1.29 is 32.3 Å². The van der Waals surface area contributed by atoms with Crippen LogP contribution in [0, 0.1) is 0 Å². The lowest BCUT2D eigenvalue weighted by molar-refractivity contribution is -0.115. The molecule has 0 bridgehead atoms. The Morgan fingerprint density at radius 2 is 1.46 bits per heavy atom. The van der Waals surface area contributed by atoms with E-state index in [0.29, 0.717) is 34.0 Å². The Labute approximate surface area is 271 Å². The van der Waals surface area contributed by atoms with Crippen LogP contribution in [0.4, 0.5) is 11.4 Å². The molecule has 0 heterocycles. The van der Waals surface area contributed by atoms with Crippen molar-refractivity contribution in [3.63, 3.8) is 0 Å². The molecule has 0 aromatic heterocycles. The van der Waals surface area contributed by atoms with Crippen molar-refractivity contribution in [2.75, 3.05) is 24.9 Å². The second-order valence-electron chi connectivity index (χ2n) is 9.78. The fourth-order valence-electron chi connectivity index (χ4n) is 4.08. The minimum absolute atomic E-state index is 0.0156. The number of carbonyl (C=O) groups is 3. The number of methoxy groups -OCH3 is 2. The van der Waals surface area contributed by atoms with Crippen LogP contribution in [0.5, 0.6) is 11.5 Å². The van der Waals surface area contributed by atoms with Crippen LogP contribution in [0.3, 0.4) is 0 Å². The number of nitrogens with two attached hydrogens (primary N) is 1. The minimum Gasteiger partial charge on any atom is -0.497 e. The molecule has 1 unspecified atom stereocenters. The first kappa shape index (κ1) is 33.8. The number of primary sulfonamides is 1. The summed E-state index contributed by atoms with van der Waals surface area (Å²) in [7, 11) is -0.809. The lowest BCUT2D eigenvalue weighted by Gasteiger charge is -2.14. The second-order valence-corrected chi connectivity index (χ2v) is 12.8. The van der Waals surface area contributed by atoms with Crippen LogP contribution < -0.4 is 30.6 Å². The van der Waals surface area contributed by atoms with Gasteiger partial charge in [-0.2, -0.15) is 0 Å². The molecule has 1 atom stereocenters. The van der Waals surface area contributed by atoms with Gasteiger partial charge in [0, 0.05) is 33.5 Å². The zero-order valence-electron chi connectivity index (χ0n) is 25.1. The van der Waals surface area contributed by atoms with E-state index in [-0.39, 0.29) is 16.5 Å². The standard InChI is InChI=1S/C33H32N4O7S2/c1-21(31(38)35-25-12-17-28(18-13-25)46(34,41)42)45-27-15-10-24(11-16-27)36-33(40)29(37-32(39)22-7-5-4-6-8-22)19-23-9-14-26(43-2)20-30(23)44-3/h4-21H,1-3H3,(H,35,38)(H,36,40)(H,37,39)(H2,34,41,42)/b29-19-. The molecule has 0 spiro atoms. The van der Waals surface area contributed by atoms with E-state index in [0.717, 1.165) is 4.90 Å². The van der Waals surface area contributed by atoms with Gasteiger partial charge in [-0.3, -0.25) is 14.4 Å². The molecule has 0 aliphatic rings. The molecule has 4 rings (SSSR count). The fourth-order valence-corrected chi connectivity index (χ4v) is 5.46. The molecule has 0 radical (unpaired) electrons. The largest absolute Gasteiger partial charge is 0.497 e. The smallest absolute Gasteiger partial charge is 0.272 e. The Hall–Kier alpha value is -5.11. The number of sulfonamides is 1. The number of hydrogen-bond donors (Lipinski definition) is 4. The first-order chi connectivity index (χ1) is 22.0. The van der Waals surface area contributed by atoms with Gasteiger partial charge in [-0.25, -0.2) is 13.6 Å². The summed E-state index contributed by atoms with van der Waals surface area (Å²) in [6, 6.07) is 26.0. The van der Waals surface area contributed by atoms with Crippen LogP contribution in [-0.2, 0) is 19.6 Å². The van der Waals surface area contributed by atoms with Gasteiger partial charge in [-0.15, -0.1) is 11.8 Å². The normalized spacial score (nSPS) is 12.0. The van der Waals surface area contributed by atoms with Crippen molar-refractivity contribution in [2.45, 2.75) is 22.0 Å². The van der Waals surface area contributed by atoms with Crippen LogP contribution in [0.25, 0.3) is 6.08 Å². The zero-order valence-corrected chi connectivity index (χ0v) is 26.8. The van der Waals surface area contributed by atoms with E-state index in [1.165, 1.54) is 56.3 Å². The van der Waals surface area contributed by atoms with Crippen LogP contribution in [0.1, 0.15) is 22.8 Å². The Morgan fingerprint density at radius 3 is 2.07 bits per heavy atom. The van der Waals surface area contributed by atoms with Crippen LogP contribution in [0.15, 0.2) is 113 Å². The molecule has 46 heavy (non-hydrogen) atoms. The molecule has 4 aromatic rings. The molecule has 13 heteroatoms. The number of ether oxygens (including phenoxy) is 2. The molecule has 238 valence electrons. The average molecular weight is 661 g/mol. The molecule has 0 saturated carbocycles. The van der Waals surface area contributed by atoms with Crippen molar-refractivity contribution in [1.29, 1.82) is 0 Å². The van der Waals surface area contributed by atoms with Crippen molar-refractivity contribution in [3.05, 3.63) is 114 Å². The number of anilines is 2. The van der Waals surface area contributed by atoms with Crippen LogP contribution >= 0.6 is 11.8 Å². The number of hydrogen-bond acceptors (Lipinski definition) is 8. The number of thioether (sulfide) groups is 1. The summed E-state index contributed by atoms with van der Waals surface area (Å²) >= 11 is 1.29. The summed E-state index contributed by atoms with van der Waals surface area (Å²) < 4.78 is 33.6. The summed E-state index contributed by atoms with van der Waals surface area (Å²) in [5.41, 5.74) is 1.80. The fraction of sp³-hybridized carbons (Fsp3) is 0.121. The molecule has 0 aliphatic heterocycles. The van der Waals surface area contributed by atoms with E-state index >= 15 is 0 Å². The number of amides is 3. The highest BCUT2D eigenvalue weighted by Gasteiger charge is 2.18. The number of benzene rings is 4. The van der Waals surface area contributed by atoms with E-state index in [1.54, 1.807) is 79.7 Å². The summed E-state index contributed by atoms with van der Waals surface area (Å²) in [4.78, 5) is 39.9. The van der Waals surface area contributed by atoms with Crippen molar-refractivity contribution >= 4 is 57.0 Å². The molecule has 3 amide bonds. The van der Waals surface area contributed by atoms with E-state index in [1.807, 2.05) is 0 Å². The third-order valence-electron chi connectivity index (χ3n) is 6.51. The minimum atomic E-state index is -3.83. The number of rotatable bonds is 12. The van der Waals surface area contributed by atoms with Gasteiger partial charge in [-0.1, -0.05) is 18.2 Å². The molecule has 0 fully saturated rings. The first-order valence-electron chi connectivity index (χ1n) is 13.8. The van der Waals surface area contributed by atoms with Gasteiger partial charge in [0.25, 0.3) is 11.8 Å². The SMILES string of the molecule is COc1ccc(/C=C(\NC(=O)c2ccccc2)C(=O)Nc2ccc(SC(C)C(=O)Nc3ccc(S(N)(=O)=O)cc3)cc2)c(OC)c1. The Bertz CT molecular complexity index is 1850. The molecule has 11 nitrogen and oxygen atoms in total. The Morgan fingerprint density at radius 1 is 0.826 bits per heavy atom. The topological polar surface area (TPSA) is 166 Å². The summed E-state index contributed by atoms with van der Waals surface area (Å²) in [5, 5.41) is 12.9. The average Bonchev–Trinajstić information content (AvgIpc) is 3.05. The highest BCUT2D eigenvalue weighted by molar-refractivity contribution is 8.00. The van der Waals surface area contributed by atoms with Crippen LogP contribution in [-0.4, -0.2) is 45.6 Å². The summed E-state index contributed by atoms with van der Waals surface area (Å²) in [6.07, 6.45) is 1.52. The third-order valence-corrected chi connectivity index (χ3v) is 8.56. The Kier molecular flexibility index (Phi) is 11.2. The predicted molar refractivity (Wildman–Crippen MR) is 178 cm³/mol. The predicted octanol–water partition coefficient (Wildman–Crippen LogP) is 4.88. The molecule has 5 N–H and O–H groups in total. The maximum Gasteiger partial charge on any atom is 0.272 e. The lowest BCUT2D eigenvalue weighted by Crippen LogP contribution is -2.30. The lowest BCUT2D eigenvalue weighted by atomic mass is 10.1. The van der Waals surface area contributed by atoms with Gasteiger partial charge in [0.05, 0.1) is 24.4 Å². The zero-order chi connectivity index (χ0) is 33.3. The summed E-state index contributed by atoms with van der Waals surface area (Å²) in [5.74, 6) is -0.309. The van der Waals surface area contributed by atoms with E-state index < -0.39 is 27.1 Å². The quantitative estimate of drug-likeness (QED) is 0.123. The molecular weight excluding hydrogens is 629 g/mol. The number of carbonyl (C=O) groups excluding carboxylic acids is 3. The molecule has 0 saturated heterocycles. The molecule has 4 aromatic carbocycles. The first-order valence-corrected chi connectivity index (χ1v) is 16.2. The maximum atomic E-state index is 13.5. The van der Waals surface area contributed by atoms with E-state index in [2.05, 4.69) is 16.0 Å². The van der Waals surface area contributed by atoms with Gasteiger partial charge in [0.15, 0.2) is 0 Å². The van der Waals surface area contributed by atoms with Crippen molar-refractivity contribution in [2.24, 2.45) is 5.14 Å². The van der Waals surface area contributed by atoms with Gasteiger partial charge < -0.3 is 25.4 Å². The van der Waals surface area contributed by atoms with Crippen molar-refractivity contribution in [3.8, 4) is 11.5 Å². The second kappa shape index (κ2) is 15.3. The van der Waals surface area contributed by atoms with E-state index in [9.17, 15) is 22.8 Å². The van der Waals surface area contributed by atoms with Gasteiger partial charge in [0.1, 0.15) is 17.2 Å². The third kappa shape index (κ3) is 9.20. The van der Waals surface area contributed by atoms with E-state index in [4.69, 9.17) is 14.6 Å². The van der Waals surface area contributed by atoms with Crippen LogP contribution in [0.2, 0.25) is 0 Å². The highest BCUT2D eigenvalue weighted by atomic mass is 32.2. The highest BCUT2D eigenvalue weighted by Crippen LogP contribution is 2.28.